The summed E-state index contributed by atoms with van der Waals surface area (Å²) >= 11 is 0.787. The smallest absolute Gasteiger partial charge is 0.349 e. The highest BCUT2D eigenvalue weighted by molar-refractivity contribution is 7.99. The van der Waals surface area contributed by atoms with Gasteiger partial charge in [-0.1, -0.05) is 30.0 Å². The van der Waals surface area contributed by atoms with Crippen molar-refractivity contribution in [2.24, 2.45) is 0 Å². The van der Waals surface area contributed by atoms with Crippen LogP contribution in [0.2, 0.25) is 0 Å². The third kappa shape index (κ3) is 4.65. The second kappa shape index (κ2) is 7.34. The number of rotatable bonds is 5. The molecule has 0 saturated heterocycles. The maximum atomic E-state index is 12.6. The van der Waals surface area contributed by atoms with Crippen molar-refractivity contribution in [1.82, 2.24) is 20.2 Å². The summed E-state index contributed by atoms with van der Waals surface area (Å²) in [6.45, 7) is 5.81. The molecule has 0 saturated carbocycles. The number of nitrogens with one attached hydrogen (secondary N) is 1. The second-order valence-electron chi connectivity index (χ2n) is 5.60. The number of nitrogen functional groups attached to an aromatic ring is 1. The summed E-state index contributed by atoms with van der Waals surface area (Å²) < 4.78 is 38.1. The Morgan fingerprint density at radius 3 is 2.56 bits per heavy atom. The van der Waals surface area contributed by atoms with Crippen LogP contribution in [0.5, 0.6) is 0 Å². The number of alkyl halides is 3. The molecule has 0 bridgehead atoms. The SMILES string of the molecule is Cc1ccc([C@H](C)NC(=O)CSc2nnc(C(F)(F)F)n2N)cc1C. The van der Waals surface area contributed by atoms with Crippen molar-refractivity contribution < 1.29 is 18.0 Å². The third-order valence-corrected chi connectivity index (χ3v) is 4.60. The maximum absolute atomic E-state index is 12.6. The number of halogens is 3. The molecule has 1 atom stereocenters. The van der Waals surface area contributed by atoms with E-state index in [-0.39, 0.29) is 22.9 Å². The highest BCUT2D eigenvalue weighted by Crippen LogP contribution is 2.28. The van der Waals surface area contributed by atoms with Gasteiger partial charge in [-0.15, -0.1) is 10.2 Å². The van der Waals surface area contributed by atoms with Crippen LogP contribution in [-0.2, 0) is 11.0 Å². The van der Waals surface area contributed by atoms with Gasteiger partial charge in [0.2, 0.25) is 11.1 Å². The van der Waals surface area contributed by atoms with Crippen molar-refractivity contribution in [2.75, 3.05) is 11.6 Å². The largest absolute Gasteiger partial charge is 0.453 e. The number of carbonyl (C=O) groups excluding carboxylic acids is 1. The van der Waals surface area contributed by atoms with Gasteiger partial charge in [-0.3, -0.25) is 4.79 Å². The summed E-state index contributed by atoms with van der Waals surface area (Å²) in [7, 11) is 0. The molecule has 25 heavy (non-hydrogen) atoms. The number of thioether (sulfide) groups is 1. The quantitative estimate of drug-likeness (QED) is 0.622. The minimum atomic E-state index is -4.69. The van der Waals surface area contributed by atoms with Crippen LogP contribution in [0.3, 0.4) is 0 Å². The van der Waals surface area contributed by atoms with Gasteiger partial charge in [0.1, 0.15) is 0 Å². The van der Waals surface area contributed by atoms with Crippen LogP contribution in [0.15, 0.2) is 23.4 Å². The van der Waals surface area contributed by atoms with E-state index in [1.165, 1.54) is 0 Å². The van der Waals surface area contributed by atoms with Crippen molar-refractivity contribution in [1.29, 1.82) is 0 Å². The highest BCUT2D eigenvalue weighted by atomic mass is 32.2. The van der Waals surface area contributed by atoms with E-state index in [0.29, 0.717) is 4.68 Å². The van der Waals surface area contributed by atoms with Crippen LogP contribution >= 0.6 is 11.8 Å². The fourth-order valence-electron chi connectivity index (χ4n) is 2.10. The maximum Gasteiger partial charge on any atom is 0.453 e. The van der Waals surface area contributed by atoms with E-state index in [1.54, 1.807) is 0 Å². The molecular formula is C15H18F3N5OS. The lowest BCUT2D eigenvalue weighted by Crippen LogP contribution is -2.28. The molecule has 6 nitrogen and oxygen atoms in total. The standard InChI is InChI=1S/C15H18F3N5OS/c1-8-4-5-11(6-9(8)2)10(3)20-12(24)7-25-14-22-21-13(23(14)19)15(16,17)18/h4-6,10H,7,19H2,1-3H3,(H,20,24)/t10-/m0/s1. The first-order valence-electron chi connectivity index (χ1n) is 7.36. The molecule has 3 N–H and O–H groups in total. The summed E-state index contributed by atoms with van der Waals surface area (Å²) in [4.78, 5) is 12.0. The van der Waals surface area contributed by atoms with E-state index in [9.17, 15) is 18.0 Å². The lowest BCUT2D eigenvalue weighted by Gasteiger charge is -2.15. The van der Waals surface area contributed by atoms with Crippen LogP contribution < -0.4 is 11.2 Å². The van der Waals surface area contributed by atoms with Gasteiger partial charge < -0.3 is 11.2 Å². The van der Waals surface area contributed by atoms with Gasteiger partial charge in [-0.05, 0) is 37.5 Å². The van der Waals surface area contributed by atoms with Crippen molar-refractivity contribution in [3.8, 4) is 0 Å². The third-order valence-electron chi connectivity index (χ3n) is 3.66. The van der Waals surface area contributed by atoms with Crippen LogP contribution in [0.25, 0.3) is 0 Å². The molecular weight excluding hydrogens is 355 g/mol. The number of hydrogen-bond donors (Lipinski definition) is 2. The van der Waals surface area contributed by atoms with Crippen molar-refractivity contribution in [3.05, 3.63) is 40.7 Å². The number of nitrogens with two attached hydrogens (primary N) is 1. The number of hydrogen-bond acceptors (Lipinski definition) is 5. The predicted octanol–water partition coefficient (Wildman–Crippen LogP) is 2.60. The predicted molar refractivity (Wildman–Crippen MR) is 88.4 cm³/mol. The van der Waals surface area contributed by atoms with Gasteiger partial charge in [-0.25, -0.2) is 4.68 Å². The van der Waals surface area contributed by atoms with E-state index in [2.05, 4.69) is 15.5 Å². The van der Waals surface area contributed by atoms with Crippen molar-refractivity contribution in [3.63, 3.8) is 0 Å². The molecule has 0 aliphatic rings. The Kier molecular flexibility index (Phi) is 5.61. The van der Waals surface area contributed by atoms with Gasteiger partial charge in [0.15, 0.2) is 0 Å². The Balaban J connectivity index is 1.94. The van der Waals surface area contributed by atoms with E-state index in [4.69, 9.17) is 5.84 Å². The Morgan fingerprint density at radius 1 is 1.32 bits per heavy atom. The number of aromatic nitrogens is 3. The summed E-state index contributed by atoms with van der Waals surface area (Å²) in [5.41, 5.74) is 3.22. The minimum Gasteiger partial charge on any atom is -0.349 e. The molecule has 0 radical (unpaired) electrons. The Morgan fingerprint density at radius 2 is 2.00 bits per heavy atom. The average molecular weight is 373 g/mol. The second-order valence-corrected chi connectivity index (χ2v) is 6.54. The highest BCUT2D eigenvalue weighted by Gasteiger charge is 2.38. The summed E-state index contributed by atoms with van der Waals surface area (Å²) in [6, 6.07) is 5.65. The number of benzene rings is 1. The molecule has 0 fully saturated rings. The number of amides is 1. The van der Waals surface area contributed by atoms with Crippen LogP contribution in [0.1, 0.15) is 35.5 Å². The zero-order valence-electron chi connectivity index (χ0n) is 13.9. The van der Waals surface area contributed by atoms with E-state index >= 15 is 0 Å². The molecule has 136 valence electrons. The van der Waals surface area contributed by atoms with Crippen LogP contribution in [-0.4, -0.2) is 26.5 Å². The summed E-state index contributed by atoms with van der Waals surface area (Å²) in [5, 5.41) is 8.98. The molecule has 2 aromatic rings. The molecule has 0 unspecified atom stereocenters. The van der Waals surface area contributed by atoms with Crippen molar-refractivity contribution >= 4 is 17.7 Å². The Hall–Kier alpha value is -2.23. The fraction of sp³-hybridized carbons (Fsp3) is 0.400. The molecule has 0 aliphatic heterocycles. The number of aryl methyl sites for hydroxylation is 2. The topological polar surface area (TPSA) is 85.8 Å². The molecule has 1 aromatic carbocycles. The van der Waals surface area contributed by atoms with Crippen molar-refractivity contribution in [2.45, 2.75) is 38.1 Å². The summed E-state index contributed by atoms with van der Waals surface area (Å²) in [6.07, 6.45) is -4.69. The van der Waals surface area contributed by atoms with E-state index in [0.717, 1.165) is 28.5 Å². The number of nitrogens with zero attached hydrogens (tertiary/aromatic N) is 3. The van der Waals surface area contributed by atoms with Gasteiger partial charge in [0.25, 0.3) is 5.82 Å². The lowest BCUT2D eigenvalue weighted by atomic mass is 10.0. The monoisotopic (exact) mass is 373 g/mol. The van der Waals surface area contributed by atoms with Gasteiger partial charge in [0, 0.05) is 0 Å². The first kappa shape index (κ1) is 19.1. The molecule has 10 heteroatoms. The average Bonchev–Trinajstić information content (AvgIpc) is 2.89. The van der Waals surface area contributed by atoms with E-state index in [1.807, 2.05) is 39.0 Å². The molecule has 0 spiro atoms. The molecule has 2 rings (SSSR count). The Labute approximate surface area is 147 Å². The zero-order chi connectivity index (χ0) is 18.8. The van der Waals surface area contributed by atoms with Gasteiger partial charge in [0.05, 0.1) is 11.8 Å². The first-order chi connectivity index (χ1) is 11.6. The lowest BCUT2D eigenvalue weighted by molar-refractivity contribution is -0.146. The Bertz CT molecular complexity index is 775. The minimum absolute atomic E-state index is 0.123. The molecule has 0 aliphatic carbocycles. The fourth-order valence-corrected chi connectivity index (χ4v) is 2.77. The normalized spacial score (nSPS) is 12.9. The molecule has 1 heterocycles. The first-order valence-corrected chi connectivity index (χ1v) is 8.35. The zero-order valence-corrected chi connectivity index (χ0v) is 14.7. The summed E-state index contributed by atoms with van der Waals surface area (Å²) in [5.74, 6) is 3.55. The van der Waals surface area contributed by atoms with Gasteiger partial charge in [-0.2, -0.15) is 13.2 Å². The van der Waals surface area contributed by atoms with Gasteiger partial charge >= 0.3 is 6.18 Å². The molecule has 1 amide bonds. The number of carbonyl (C=O) groups is 1. The van der Waals surface area contributed by atoms with Crippen LogP contribution in [0, 0.1) is 13.8 Å². The molecule has 1 aromatic heterocycles. The van der Waals surface area contributed by atoms with Crippen LogP contribution in [0.4, 0.5) is 13.2 Å². The van der Waals surface area contributed by atoms with E-state index < -0.39 is 12.0 Å².